The van der Waals surface area contributed by atoms with Gasteiger partial charge in [-0.05, 0) is 26.0 Å². The van der Waals surface area contributed by atoms with Crippen LogP contribution in [0.15, 0.2) is 35.2 Å². The first-order chi connectivity index (χ1) is 9.80. The number of hydrogen-bond donors (Lipinski definition) is 2. The van der Waals surface area contributed by atoms with E-state index in [0.717, 1.165) is 0 Å². The van der Waals surface area contributed by atoms with E-state index in [1.54, 1.807) is 37.5 Å². The molecule has 6 nitrogen and oxygen atoms in total. The molecular weight excluding hydrogens is 312 g/mol. The minimum Gasteiger partial charge on any atom is -0.289 e. The van der Waals surface area contributed by atoms with Crippen molar-refractivity contribution in [1.82, 2.24) is 9.79 Å². The molecule has 0 aromatic heterocycles. The fourth-order valence-corrected chi connectivity index (χ4v) is 5.58. The molecule has 2 N–H and O–H groups in total. The molecular formula is C13H18N2O4S2. The lowest BCUT2D eigenvalue weighted by atomic mass is 10.0. The number of nitrogens with zero attached hydrogens (tertiary/aromatic N) is 1. The molecule has 1 fully saturated rings. The summed E-state index contributed by atoms with van der Waals surface area (Å²) >= 11 is 1.51. The lowest BCUT2D eigenvalue weighted by Crippen LogP contribution is -2.61. The largest absolute Gasteiger partial charge is 0.289 e. The Balaban J connectivity index is 2.47. The number of carbonyl (C=O) groups is 1. The van der Waals surface area contributed by atoms with E-state index in [2.05, 4.69) is 0 Å². The zero-order valence-electron chi connectivity index (χ0n) is 11.8. The second-order valence-electron chi connectivity index (χ2n) is 5.26. The van der Waals surface area contributed by atoms with Crippen molar-refractivity contribution in [3.05, 3.63) is 30.3 Å². The second kappa shape index (κ2) is 5.96. The number of amides is 1. The Labute approximate surface area is 128 Å². The fraction of sp³-hybridized carbons (Fsp3) is 0.462. The molecule has 2 rings (SSSR count). The monoisotopic (exact) mass is 330 g/mol. The maximum absolute atomic E-state index is 12.8. The number of benzene rings is 1. The maximum atomic E-state index is 12.8. The van der Waals surface area contributed by atoms with Crippen LogP contribution in [0.2, 0.25) is 0 Å². The number of thioether (sulfide) groups is 1. The molecule has 1 unspecified atom stereocenters. The van der Waals surface area contributed by atoms with Gasteiger partial charge in [0.05, 0.1) is 4.90 Å². The van der Waals surface area contributed by atoms with Crippen molar-refractivity contribution in [2.24, 2.45) is 0 Å². The molecule has 116 valence electrons. The first-order valence-corrected chi connectivity index (χ1v) is 8.88. The van der Waals surface area contributed by atoms with Gasteiger partial charge in [-0.1, -0.05) is 18.2 Å². The second-order valence-corrected chi connectivity index (χ2v) is 8.90. The summed E-state index contributed by atoms with van der Waals surface area (Å²) in [6.45, 7) is 3.82. The van der Waals surface area contributed by atoms with Crippen LogP contribution >= 0.6 is 11.8 Å². The third kappa shape index (κ3) is 3.08. The molecule has 1 aromatic rings. The van der Waals surface area contributed by atoms with Crippen LogP contribution in [0.25, 0.3) is 0 Å². The Morgan fingerprint density at radius 2 is 2.00 bits per heavy atom. The first kappa shape index (κ1) is 16.3. The highest BCUT2D eigenvalue weighted by atomic mass is 32.2. The predicted molar refractivity (Wildman–Crippen MR) is 80.6 cm³/mol. The zero-order valence-corrected chi connectivity index (χ0v) is 13.4. The summed E-state index contributed by atoms with van der Waals surface area (Å²) in [7, 11) is -3.79. The Morgan fingerprint density at radius 1 is 1.38 bits per heavy atom. The van der Waals surface area contributed by atoms with Crippen molar-refractivity contribution in [3.8, 4) is 0 Å². The van der Waals surface area contributed by atoms with Gasteiger partial charge in [0.2, 0.25) is 10.0 Å². The average Bonchev–Trinajstić information content (AvgIpc) is 2.46. The van der Waals surface area contributed by atoms with Gasteiger partial charge in [0, 0.05) is 17.0 Å². The molecule has 1 amide bonds. The Morgan fingerprint density at radius 3 is 2.57 bits per heavy atom. The summed E-state index contributed by atoms with van der Waals surface area (Å²) in [5, 5.41) is 8.94. The highest BCUT2D eigenvalue weighted by molar-refractivity contribution is 8.00. The van der Waals surface area contributed by atoms with Gasteiger partial charge in [-0.2, -0.15) is 16.1 Å². The van der Waals surface area contributed by atoms with Crippen LogP contribution in [0, 0.1) is 0 Å². The van der Waals surface area contributed by atoms with E-state index in [4.69, 9.17) is 5.21 Å². The first-order valence-electron chi connectivity index (χ1n) is 6.45. The van der Waals surface area contributed by atoms with Gasteiger partial charge in [-0.15, -0.1) is 0 Å². The lowest BCUT2D eigenvalue weighted by Gasteiger charge is -2.43. The number of carbonyl (C=O) groups excluding carboxylic acids is 1. The summed E-state index contributed by atoms with van der Waals surface area (Å²) in [5.74, 6) is -0.124. The quantitative estimate of drug-likeness (QED) is 0.640. The van der Waals surface area contributed by atoms with Gasteiger partial charge in [-0.3, -0.25) is 10.0 Å². The Kier molecular flexibility index (Phi) is 4.62. The number of hydrogen-bond acceptors (Lipinski definition) is 5. The number of rotatable bonds is 3. The fourth-order valence-electron chi connectivity index (χ4n) is 2.45. The SMILES string of the molecule is CC1(C)SCCN(S(=O)(=O)c2ccccc2)C1C(=O)NO. The average molecular weight is 330 g/mol. The number of nitrogens with one attached hydrogen (secondary N) is 1. The molecule has 21 heavy (non-hydrogen) atoms. The van der Waals surface area contributed by atoms with E-state index in [0.29, 0.717) is 5.75 Å². The molecule has 1 aromatic carbocycles. The van der Waals surface area contributed by atoms with Crippen molar-refractivity contribution >= 4 is 27.7 Å². The Bertz CT molecular complexity index is 616. The summed E-state index contributed by atoms with van der Waals surface area (Å²) in [6.07, 6.45) is 0. The Hall–Kier alpha value is -1.09. The van der Waals surface area contributed by atoms with Gasteiger partial charge in [0.1, 0.15) is 6.04 Å². The summed E-state index contributed by atoms with van der Waals surface area (Å²) < 4.78 is 26.1. The van der Waals surface area contributed by atoms with Crippen LogP contribution in [-0.4, -0.2) is 46.9 Å². The molecule has 0 spiro atoms. The van der Waals surface area contributed by atoms with Crippen molar-refractivity contribution < 1.29 is 18.4 Å². The van der Waals surface area contributed by atoms with Crippen LogP contribution in [0.1, 0.15) is 13.8 Å². The minimum atomic E-state index is -3.79. The van der Waals surface area contributed by atoms with E-state index < -0.39 is 26.7 Å². The van der Waals surface area contributed by atoms with E-state index in [1.807, 2.05) is 0 Å². The van der Waals surface area contributed by atoms with Crippen LogP contribution in [-0.2, 0) is 14.8 Å². The summed E-state index contributed by atoms with van der Waals surface area (Å²) in [5.41, 5.74) is 1.59. The van der Waals surface area contributed by atoms with Gasteiger partial charge in [-0.25, -0.2) is 13.9 Å². The molecule has 0 aliphatic carbocycles. The molecule has 0 saturated carbocycles. The van der Waals surface area contributed by atoms with Gasteiger partial charge >= 0.3 is 0 Å². The van der Waals surface area contributed by atoms with E-state index >= 15 is 0 Å². The molecule has 1 heterocycles. The van der Waals surface area contributed by atoms with Crippen molar-refractivity contribution in [3.63, 3.8) is 0 Å². The normalized spacial score (nSPS) is 22.7. The third-order valence-electron chi connectivity index (χ3n) is 3.44. The highest BCUT2D eigenvalue weighted by Crippen LogP contribution is 2.38. The van der Waals surface area contributed by atoms with E-state index in [-0.39, 0.29) is 11.4 Å². The molecule has 8 heteroatoms. The molecule has 0 radical (unpaired) electrons. The van der Waals surface area contributed by atoms with Crippen LogP contribution in [0.3, 0.4) is 0 Å². The summed E-state index contributed by atoms with van der Waals surface area (Å²) in [4.78, 5) is 12.1. The predicted octanol–water partition coefficient (Wildman–Crippen LogP) is 1.08. The highest BCUT2D eigenvalue weighted by Gasteiger charge is 2.48. The van der Waals surface area contributed by atoms with Crippen LogP contribution < -0.4 is 5.48 Å². The molecule has 1 aliphatic heterocycles. The number of hydroxylamine groups is 1. The lowest BCUT2D eigenvalue weighted by molar-refractivity contribution is -0.134. The van der Waals surface area contributed by atoms with Crippen LogP contribution in [0.4, 0.5) is 0 Å². The maximum Gasteiger partial charge on any atom is 0.263 e. The zero-order chi connectivity index (χ0) is 15.7. The van der Waals surface area contributed by atoms with Crippen LogP contribution in [0.5, 0.6) is 0 Å². The number of sulfonamides is 1. The van der Waals surface area contributed by atoms with Gasteiger partial charge in [0.15, 0.2) is 0 Å². The van der Waals surface area contributed by atoms with Gasteiger partial charge < -0.3 is 0 Å². The molecule has 0 bridgehead atoms. The molecule has 1 saturated heterocycles. The van der Waals surface area contributed by atoms with Crippen molar-refractivity contribution in [1.29, 1.82) is 0 Å². The van der Waals surface area contributed by atoms with Gasteiger partial charge in [0.25, 0.3) is 5.91 Å². The van der Waals surface area contributed by atoms with Crippen molar-refractivity contribution in [2.75, 3.05) is 12.3 Å². The molecule has 1 aliphatic rings. The van der Waals surface area contributed by atoms with E-state index in [1.165, 1.54) is 28.2 Å². The standard InChI is InChI=1S/C13H18N2O4S2/c1-13(2)11(12(16)14-17)15(8-9-20-13)21(18,19)10-6-4-3-5-7-10/h3-7,11,17H,8-9H2,1-2H3,(H,14,16). The third-order valence-corrected chi connectivity index (χ3v) is 6.67. The topological polar surface area (TPSA) is 86.7 Å². The molecule has 1 atom stereocenters. The summed E-state index contributed by atoms with van der Waals surface area (Å²) in [6, 6.07) is 7.03. The van der Waals surface area contributed by atoms with Crippen molar-refractivity contribution in [2.45, 2.75) is 29.5 Å². The van der Waals surface area contributed by atoms with E-state index in [9.17, 15) is 13.2 Å². The minimum absolute atomic E-state index is 0.142. The smallest absolute Gasteiger partial charge is 0.263 e.